The number of likely N-dealkylation sites (tertiary alicyclic amines) is 1. The van der Waals surface area contributed by atoms with Crippen molar-refractivity contribution >= 4 is 29.9 Å². The van der Waals surface area contributed by atoms with Gasteiger partial charge in [-0.25, -0.2) is 0 Å². The maximum atomic E-state index is 5.32. The lowest BCUT2D eigenvalue weighted by Gasteiger charge is -2.20. The van der Waals surface area contributed by atoms with Gasteiger partial charge in [0.1, 0.15) is 0 Å². The molecule has 0 radical (unpaired) electrons. The molecule has 0 aromatic heterocycles. The van der Waals surface area contributed by atoms with E-state index in [-0.39, 0.29) is 24.0 Å². The van der Waals surface area contributed by atoms with Crippen molar-refractivity contribution in [3.05, 3.63) is 0 Å². The fourth-order valence-corrected chi connectivity index (χ4v) is 2.62. The Morgan fingerprint density at radius 1 is 1.05 bits per heavy atom. The van der Waals surface area contributed by atoms with Crippen molar-refractivity contribution in [3.8, 4) is 0 Å². The Hall–Kier alpha value is -0.0800. The van der Waals surface area contributed by atoms with E-state index in [1.165, 1.54) is 51.7 Å². The number of hydrogen-bond donors (Lipinski definition) is 2. The Morgan fingerprint density at radius 3 is 2.27 bits per heavy atom. The molecule has 0 spiro atoms. The van der Waals surface area contributed by atoms with E-state index in [1.807, 2.05) is 14.0 Å². The Labute approximate surface area is 153 Å². The molecule has 1 rings (SSSR count). The van der Waals surface area contributed by atoms with Crippen molar-refractivity contribution in [1.29, 1.82) is 0 Å². The summed E-state index contributed by atoms with van der Waals surface area (Å²) in [6.07, 6.45) is 7.76. The summed E-state index contributed by atoms with van der Waals surface area (Å²) in [5.74, 6) is 0.905. The van der Waals surface area contributed by atoms with Crippen LogP contribution in [0.15, 0.2) is 4.99 Å². The van der Waals surface area contributed by atoms with Gasteiger partial charge in [-0.15, -0.1) is 24.0 Å². The first-order valence-electron chi connectivity index (χ1n) is 8.61. The van der Waals surface area contributed by atoms with Crippen LogP contribution in [-0.4, -0.2) is 63.8 Å². The van der Waals surface area contributed by atoms with Gasteiger partial charge in [0.25, 0.3) is 0 Å². The third-order valence-electron chi connectivity index (χ3n) is 3.83. The molecule has 0 atom stereocenters. The van der Waals surface area contributed by atoms with Gasteiger partial charge in [0.15, 0.2) is 5.96 Å². The minimum atomic E-state index is 0. The highest BCUT2D eigenvalue weighted by atomic mass is 127. The number of nitrogens with zero attached hydrogens (tertiary/aromatic N) is 2. The van der Waals surface area contributed by atoms with Crippen LogP contribution in [0.5, 0.6) is 0 Å². The summed E-state index contributed by atoms with van der Waals surface area (Å²) in [5.41, 5.74) is 0. The Bertz CT molecular complexity index is 269. The van der Waals surface area contributed by atoms with E-state index in [1.54, 1.807) is 0 Å². The molecule has 2 N–H and O–H groups in total. The lowest BCUT2D eigenvalue weighted by molar-refractivity contribution is 0.145. The number of rotatable bonds is 9. The summed E-state index contributed by atoms with van der Waals surface area (Å²) in [6.45, 7) is 9.30. The standard InChI is InChI=1S/C16H34N4O.HI/c1-3-21-15-9-11-19-16(17-2)18-10-8-14-20-12-6-4-5-7-13-20;/h3-15H2,1-2H3,(H2,17,18,19);1H. The minimum Gasteiger partial charge on any atom is -0.382 e. The van der Waals surface area contributed by atoms with Gasteiger partial charge in [0.2, 0.25) is 0 Å². The molecular weight excluding hydrogens is 391 g/mol. The number of aliphatic imine (C=N–C) groups is 1. The smallest absolute Gasteiger partial charge is 0.190 e. The summed E-state index contributed by atoms with van der Waals surface area (Å²) in [4.78, 5) is 6.85. The van der Waals surface area contributed by atoms with Crippen LogP contribution in [0.2, 0.25) is 0 Å². The maximum Gasteiger partial charge on any atom is 0.190 e. The molecule has 1 saturated heterocycles. The van der Waals surface area contributed by atoms with Crippen LogP contribution < -0.4 is 10.6 Å². The molecule has 1 aliphatic heterocycles. The first-order chi connectivity index (χ1) is 10.4. The Morgan fingerprint density at radius 2 is 1.68 bits per heavy atom. The molecule has 0 aromatic carbocycles. The largest absolute Gasteiger partial charge is 0.382 e. The summed E-state index contributed by atoms with van der Waals surface area (Å²) in [6, 6.07) is 0. The predicted molar refractivity (Wildman–Crippen MR) is 105 cm³/mol. The number of hydrogen-bond acceptors (Lipinski definition) is 3. The molecule has 1 aliphatic rings. The van der Waals surface area contributed by atoms with Gasteiger partial charge in [-0.2, -0.15) is 0 Å². The lowest BCUT2D eigenvalue weighted by atomic mass is 10.2. The molecule has 0 saturated carbocycles. The van der Waals surface area contributed by atoms with Crippen LogP contribution in [0.4, 0.5) is 0 Å². The number of halogens is 1. The number of guanidine groups is 1. The highest BCUT2D eigenvalue weighted by Crippen LogP contribution is 2.09. The van der Waals surface area contributed by atoms with E-state index in [4.69, 9.17) is 4.74 Å². The van der Waals surface area contributed by atoms with Gasteiger partial charge in [-0.1, -0.05) is 12.8 Å². The molecule has 0 unspecified atom stereocenters. The van der Waals surface area contributed by atoms with Crippen LogP contribution in [0, 0.1) is 0 Å². The Kier molecular flexibility index (Phi) is 15.7. The zero-order valence-corrected chi connectivity index (χ0v) is 16.7. The summed E-state index contributed by atoms with van der Waals surface area (Å²) >= 11 is 0. The summed E-state index contributed by atoms with van der Waals surface area (Å²) < 4.78 is 5.32. The topological polar surface area (TPSA) is 48.9 Å². The average Bonchev–Trinajstić information content (AvgIpc) is 2.78. The van der Waals surface area contributed by atoms with E-state index in [0.29, 0.717) is 0 Å². The molecule has 5 nitrogen and oxygen atoms in total. The minimum absolute atomic E-state index is 0. The average molecular weight is 426 g/mol. The Balaban J connectivity index is 0.00000441. The predicted octanol–water partition coefficient (Wildman–Crippen LogP) is 2.46. The SMILES string of the molecule is CCOCCCNC(=NC)NCCCN1CCCCCC1.I. The third-order valence-corrected chi connectivity index (χ3v) is 3.83. The second-order valence-electron chi connectivity index (χ2n) is 5.59. The van der Waals surface area contributed by atoms with Gasteiger partial charge in [-0.3, -0.25) is 4.99 Å². The van der Waals surface area contributed by atoms with E-state index >= 15 is 0 Å². The van der Waals surface area contributed by atoms with Crippen molar-refractivity contribution < 1.29 is 4.74 Å². The first kappa shape index (κ1) is 21.9. The van der Waals surface area contributed by atoms with E-state index in [9.17, 15) is 0 Å². The van der Waals surface area contributed by atoms with Crippen molar-refractivity contribution in [2.45, 2.75) is 45.4 Å². The van der Waals surface area contributed by atoms with Crippen molar-refractivity contribution in [2.75, 3.05) is 53.0 Å². The third kappa shape index (κ3) is 11.5. The van der Waals surface area contributed by atoms with Crippen molar-refractivity contribution in [2.24, 2.45) is 4.99 Å². The molecule has 22 heavy (non-hydrogen) atoms. The van der Waals surface area contributed by atoms with Gasteiger partial charge >= 0.3 is 0 Å². The zero-order valence-electron chi connectivity index (χ0n) is 14.4. The molecule has 0 aromatic rings. The quantitative estimate of drug-likeness (QED) is 0.258. The highest BCUT2D eigenvalue weighted by Gasteiger charge is 2.08. The fraction of sp³-hybridized carbons (Fsp3) is 0.938. The first-order valence-corrected chi connectivity index (χ1v) is 8.61. The molecule has 0 bridgehead atoms. The van der Waals surface area contributed by atoms with Crippen LogP contribution in [-0.2, 0) is 4.74 Å². The van der Waals surface area contributed by atoms with Gasteiger partial charge in [0, 0.05) is 33.4 Å². The number of nitrogens with one attached hydrogen (secondary N) is 2. The highest BCUT2D eigenvalue weighted by molar-refractivity contribution is 14.0. The summed E-state index contributed by atoms with van der Waals surface area (Å²) in [5, 5.41) is 6.71. The molecule has 0 aliphatic carbocycles. The number of ether oxygens (including phenoxy) is 1. The van der Waals surface area contributed by atoms with E-state index in [2.05, 4.69) is 20.5 Å². The zero-order chi connectivity index (χ0) is 15.2. The fourth-order valence-electron chi connectivity index (χ4n) is 2.62. The van der Waals surface area contributed by atoms with Crippen molar-refractivity contribution in [3.63, 3.8) is 0 Å². The van der Waals surface area contributed by atoms with E-state index in [0.717, 1.165) is 38.7 Å². The summed E-state index contributed by atoms with van der Waals surface area (Å²) in [7, 11) is 1.83. The van der Waals surface area contributed by atoms with E-state index < -0.39 is 0 Å². The van der Waals surface area contributed by atoms with Gasteiger partial charge in [-0.05, 0) is 52.2 Å². The second kappa shape index (κ2) is 15.8. The van der Waals surface area contributed by atoms with Crippen LogP contribution >= 0.6 is 24.0 Å². The van der Waals surface area contributed by atoms with Crippen molar-refractivity contribution in [1.82, 2.24) is 15.5 Å². The molecule has 0 amide bonds. The lowest BCUT2D eigenvalue weighted by Crippen LogP contribution is -2.39. The second-order valence-corrected chi connectivity index (χ2v) is 5.59. The normalized spacial score (nSPS) is 16.7. The van der Waals surface area contributed by atoms with Crippen LogP contribution in [0.3, 0.4) is 0 Å². The molecule has 1 heterocycles. The van der Waals surface area contributed by atoms with Gasteiger partial charge in [0.05, 0.1) is 0 Å². The molecular formula is C16H35IN4O. The molecule has 1 fully saturated rings. The maximum absolute atomic E-state index is 5.32. The monoisotopic (exact) mass is 426 g/mol. The molecule has 6 heteroatoms. The van der Waals surface area contributed by atoms with Crippen LogP contribution in [0.25, 0.3) is 0 Å². The molecule has 132 valence electrons. The van der Waals surface area contributed by atoms with Crippen LogP contribution in [0.1, 0.15) is 45.4 Å². The van der Waals surface area contributed by atoms with Gasteiger partial charge < -0.3 is 20.3 Å².